The molecule has 0 saturated carbocycles. The highest BCUT2D eigenvalue weighted by atomic mass is 15.1. The summed E-state index contributed by atoms with van der Waals surface area (Å²) in [5.74, 6) is 0.935. The molecule has 0 fully saturated rings. The van der Waals surface area contributed by atoms with Crippen molar-refractivity contribution in [3.8, 4) is 0 Å². The van der Waals surface area contributed by atoms with Gasteiger partial charge >= 0.3 is 0 Å². The molecule has 0 aromatic carbocycles. The highest BCUT2D eigenvalue weighted by Gasteiger charge is 1.88. The zero-order valence-electron chi connectivity index (χ0n) is 9.85. The van der Waals surface area contributed by atoms with E-state index >= 15 is 0 Å². The van der Waals surface area contributed by atoms with E-state index in [1.165, 1.54) is 12.8 Å². The fourth-order valence-electron chi connectivity index (χ4n) is 0.512. The second-order valence-electron chi connectivity index (χ2n) is 3.41. The van der Waals surface area contributed by atoms with Crippen LogP contribution in [0.2, 0.25) is 0 Å². The highest BCUT2D eigenvalue weighted by Crippen LogP contribution is 2.02. The fourth-order valence-corrected chi connectivity index (χ4v) is 0.512. The Morgan fingerprint density at radius 1 is 0.600 bits per heavy atom. The van der Waals surface area contributed by atoms with Crippen LogP contribution >= 0.6 is 0 Å². The summed E-state index contributed by atoms with van der Waals surface area (Å²) in [7, 11) is 2.11. The third kappa shape index (κ3) is 81.5. The van der Waals surface area contributed by atoms with E-state index in [0.29, 0.717) is 0 Å². The smallest absolute Gasteiger partial charge is 0.00504 e. The maximum atomic E-state index is 2.28. The quantitative estimate of drug-likeness (QED) is 0.503. The van der Waals surface area contributed by atoms with Gasteiger partial charge in [-0.3, -0.25) is 0 Å². The standard InChI is InChI=1S/C6H14.C5H13N.8CH4/c2*1-4-6(3)5-2;;;;;;;;/h6H,4-5H2,1-3H3;4-5H2,1-3H3;8*1H4. The Morgan fingerprint density at radius 2 is 0.800 bits per heavy atom. The minimum absolute atomic E-state index is 0. The van der Waals surface area contributed by atoms with E-state index in [2.05, 4.69) is 46.6 Å². The van der Waals surface area contributed by atoms with E-state index in [1.54, 1.807) is 0 Å². The van der Waals surface area contributed by atoms with E-state index in [4.69, 9.17) is 0 Å². The van der Waals surface area contributed by atoms with E-state index in [1.807, 2.05) is 0 Å². The van der Waals surface area contributed by atoms with Gasteiger partial charge in [-0.1, -0.05) is 107 Å². The van der Waals surface area contributed by atoms with Crippen molar-refractivity contribution >= 4 is 0 Å². The van der Waals surface area contributed by atoms with Crippen molar-refractivity contribution in [2.24, 2.45) is 5.92 Å². The van der Waals surface area contributed by atoms with Crippen molar-refractivity contribution in [3.63, 3.8) is 0 Å². The van der Waals surface area contributed by atoms with Crippen molar-refractivity contribution in [1.82, 2.24) is 4.90 Å². The van der Waals surface area contributed by atoms with Crippen molar-refractivity contribution in [1.29, 1.82) is 0 Å². The second-order valence-corrected chi connectivity index (χ2v) is 3.41. The summed E-state index contributed by atoms with van der Waals surface area (Å²) < 4.78 is 0. The molecule has 0 aliphatic rings. The first-order valence-corrected chi connectivity index (χ1v) is 5.30. The predicted molar refractivity (Wildman–Crippen MR) is 112 cm³/mol. The summed E-state index contributed by atoms with van der Waals surface area (Å²) in [6.45, 7) is 13.4. The van der Waals surface area contributed by atoms with Gasteiger partial charge in [0.2, 0.25) is 0 Å². The van der Waals surface area contributed by atoms with Gasteiger partial charge in [-0.25, -0.2) is 0 Å². The molecular formula is C19H59N. The van der Waals surface area contributed by atoms with E-state index in [-0.39, 0.29) is 59.4 Å². The van der Waals surface area contributed by atoms with Crippen LogP contribution in [0.5, 0.6) is 0 Å². The van der Waals surface area contributed by atoms with Crippen LogP contribution in [0.3, 0.4) is 0 Å². The van der Waals surface area contributed by atoms with Crippen LogP contribution in [0.4, 0.5) is 0 Å². The van der Waals surface area contributed by atoms with Crippen LogP contribution in [0.25, 0.3) is 0 Å². The van der Waals surface area contributed by atoms with Gasteiger partial charge in [0.25, 0.3) is 0 Å². The minimum Gasteiger partial charge on any atom is -0.307 e. The van der Waals surface area contributed by atoms with Crippen LogP contribution < -0.4 is 0 Å². The van der Waals surface area contributed by atoms with Crippen molar-refractivity contribution < 1.29 is 0 Å². The third-order valence-corrected chi connectivity index (χ3v) is 2.47. The molecule has 20 heavy (non-hydrogen) atoms. The molecule has 0 atom stereocenters. The van der Waals surface area contributed by atoms with Gasteiger partial charge in [0.05, 0.1) is 0 Å². The molecule has 1 heteroatoms. The fraction of sp³-hybridized carbons (Fsp3) is 1.00. The number of hydrogen-bond donors (Lipinski definition) is 0. The molecule has 0 heterocycles. The average molecular weight is 302 g/mol. The first kappa shape index (κ1) is 72.3. The van der Waals surface area contributed by atoms with Gasteiger partial charge in [0, 0.05) is 0 Å². The van der Waals surface area contributed by atoms with Gasteiger partial charge in [-0.15, -0.1) is 0 Å². The number of rotatable bonds is 4. The monoisotopic (exact) mass is 301 g/mol. The Morgan fingerprint density at radius 3 is 0.800 bits per heavy atom. The minimum atomic E-state index is 0. The zero-order valence-corrected chi connectivity index (χ0v) is 9.85. The Hall–Kier alpha value is -0.0400. The summed E-state index contributed by atoms with van der Waals surface area (Å²) in [5, 5.41) is 0. The SMILES string of the molecule is C.C.C.C.C.C.C.C.CCC(C)CC.CCN(C)CC. The summed E-state index contributed by atoms with van der Waals surface area (Å²) in [6.07, 6.45) is 2.66. The maximum absolute atomic E-state index is 2.28. The molecule has 0 unspecified atom stereocenters. The Bertz CT molecular complexity index is 54.2. The van der Waals surface area contributed by atoms with Gasteiger partial charge in [-0.05, 0) is 26.1 Å². The molecule has 0 bridgehead atoms. The van der Waals surface area contributed by atoms with Crippen LogP contribution in [0, 0.1) is 5.92 Å². The van der Waals surface area contributed by atoms with Crippen LogP contribution in [-0.2, 0) is 0 Å². The van der Waals surface area contributed by atoms with Crippen molar-refractivity contribution in [3.05, 3.63) is 0 Å². The molecule has 0 N–H and O–H groups in total. The number of hydrogen-bond acceptors (Lipinski definition) is 1. The normalized spacial score (nSPS) is 6.00. The first-order chi connectivity index (χ1) is 5.62. The molecular weight excluding hydrogens is 242 g/mol. The molecule has 0 aromatic rings. The largest absolute Gasteiger partial charge is 0.307 e. The summed E-state index contributed by atoms with van der Waals surface area (Å²) in [4.78, 5) is 2.25. The van der Waals surface area contributed by atoms with Gasteiger partial charge < -0.3 is 4.90 Å². The third-order valence-electron chi connectivity index (χ3n) is 2.47. The van der Waals surface area contributed by atoms with Crippen molar-refractivity contribution in [2.45, 2.75) is 107 Å². The van der Waals surface area contributed by atoms with E-state index in [9.17, 15) is 0 Å². The van der Waals surface area contributed by atoms with Gasteiger partial charge in [-0.2, -0.15) is 0 Å². The van der Waals surface area contributed by atoms with Crippen LogP contribution in [0.1, 0.15) is 107 Å². The molecule has 140 valence electrons. The van der Waals surface area contributed by atoms with Gasteiger partial charge in [0.15, 0.2) is 0 Å². The molecule has 0 rings (SSSR count). The lowest BCUT2D eigenvalue weighted by atomic mass is 10.1. The maximum Gasteiger partial charge on any atom is -0.00504 e. The van der Waals surface area contributed by atoms with Crippen molar-refractivity contribution in [2.75, 3.05) is 20.1 Å². The number of nitrogens with zero attached hydrogens (tertiary/aromatic N) is 1. The molecule has 0 saturated heterocycles. The lowest BCUT2D eigenvalue weighted by Crippen LogP contribution is -2.15. The molecule has 0 aromatic heterocycles. The van der Waals surface area contributed by atoms with Crippen LogP contribution in [-0.4, -0.2) is 25.0 Å². The summed E-state index contributed by atoms with van der Waals surface area (Å²) in [5.41, 5.74) is 0. The topological polar surface area (TPSA) is 3.24 Å². The molecule has 0 aliphatic carbocycles. The zero-order chi connectivity index (χ0) is 9.98. The average Bonchev–Trinajstić information content (AvgIpc) is 2.16. The highest BCUT2D eigenvalue weighted by molar-refractivity contribution is 4.41. The van der Waals surface area contributed by atoms with E-state index < -0.39 is 0 Å². The molecule has 1 nitrogen and oxygen atoms in total. The molecule has 0 amide bonds. The van der Waals surface area contributed by atoms with Crippen LogP contribution in [0.15, 0.2) is 0 Å². The molecule has 0 spiro atoms. The second kappa shape index (κ2) is 61.6. The Kier molecular flexibility index (Phi) is 223. The first-order valence-electron chi connectivity index (χ1n) is 5.30. The molecule has 0 radical (unpaired) electrons. The lowest BCUT2D eigenvalue weighted by molar-refractivity contribution is 0.373. The van der Waals surface area contributed by atoms with E-state index in [0.717, 1.165) is 19.0 Å². The Balaban J connectivity index is -0.00000000893. The van der Waals surface area contributed by atoms with Gasteiger partial charge in [0.1, 0.15) is 0 Å². The lowest BCUT2D eigenvalue weighted by Gasteiger charge is -2.07. The predicted octanol–water partition coefficient (Wildman–Crippen LogP) is 8.49. The molecule has 0 aliphatic heterocycles. The summed E-state index contributed by atoms with van der Waals surface area (Å²) >= 11 is 0. The summed E-state index contributed by atoms with van der Waals surface area (Å²) in [6, 6.07) is 0. The Labute approximate surface area is 138 Å².